The summed E-state index contributed by atoms with van der Waals surface area (Å²) >= 11 is 1.53. The van der Waals surface area contributed by atoms with Gasteiger partial charge in [0.25, 0.3) is 0 Å². The monoisotopic (exact) mass is 440 g/mol. The van der Waals surface area contributed by atoms with Crippen molar-refractivity contribution in [1.29, 1.82) is 0 Å². The molecule has 0 amide bonds. The summed E-state index contributed by atoms with van der Waals surface area (Å²) in [4.78, 5) is 28.5. The molecular weight excluding hydrogens is 412 g/mol. The molecule has 2 heterocycles. The molecular formula is C24H28N2O4S. The first-order valence-corrected chi connectivity index (χ1v) is 10.7. The molecule has 0 aliphatic heterocycles. The predicted molar refractivity (Wildman–Crippen MR) is 124 cm³/mol. The Kier molecular flexibility index (Phi) is 8.75. The number of rotatable bonds is 10. The van der Waals surface area contributed by atoms with Gasteiger partial charge in [-0.25, -0.2) is 14.6 Å². The van der Waals surface area contributed by atoms with E-state index in [2.05, 4.69) is 11.9 Å². The van der Waals surface area contributed by atoms with Gasteiger partial charge in [-0.05, 0) is 41.6 Å². The molecule has 0 aliphatic rings. The standard InChI is InChI=1S/C23H24N2O4S.CH4/c1-2-3-6-21-24-14-19(12-18(23(28)29)13-20-5-4-11-30-20)25(21)15-16-7-9-17(10-8-16)22(26)27;/h4-5,7-12,14H,2-3,6,13,15H2,1H3,(H,26,27)(H,28,29);1H4. The lowest BCUT2D eigenvalue weighted by molar-refractivity contribution is -0.132. The fourth-order valence-electron chi connectivity index (χ4n) is 3.16. The topological polar surface area (TPSA) is 92.4 Å². The van der Waals surface area contributed by atoms with Crippen molar-refractivity contribution >= 4 is 29.4 Å². The van der Waals surface area contributed by atoms with Gasteiger partial charge in [0, 0.05) is 29.8 Å². The first kappa shape index (κ1) is 24.1. The van der Waals surface area contributed by atoms with E-state index in [4.69, 9.17) is 5.11 Å². The summed E-state index contributed by atoms with van der Waals surface area (Å²) in [6, 6.07) is 10.6. The van der Waals surface area contributed by atoms with Gasteiger partial charge < -0.3 is 14.8 Å². The number of imidazole rings is 1. The Labute approximate surface area is 186 Å². The van der Waals surface area contributed by atoms with Crippen LogP contribution in [0, 0.1) is 0 Å². The molecule has 0 aliphatic carbocycles. The first-order chi connectivity index (χ1) is 14.5. The number of benzene rings is 1. The fraction of sp³-hybridized carbons (Fsp3) is 0.292. The second kappa shape index (κ2) is 11.3. The lowest BCUT2D eigenvalue weighted by atomic mass is 10.1. The zero-order valence-electron chi connectivity index (χ0n) is 16.7. The zero-order chi connectivity index (χ0) is 21.5. The highest BCUT2D eigenvalue weighted by Crippen LogP contribution is 2.20. The van der Waals surface area contributed by atoms with Crippen molar-refractivity contribution in [2.75, 3.05) is 0 Å². The van der Waals surface area contributed by atoms with Crippen LogP contribution in [0.25, 0.3) is 6.08 Å². The summed E-state index contributed by atoms with van der Waals surface area (Å²) in [5.74, 6) is -1.01. The van der Waals surface area contributed by atoms with Crippen LogP contribution < -0.4 is 0 Å². The number of aryl methyl sites for hydroxylation is 1. The number of thiophene rings is 1. The summed E-state index contributed by atoms with van der Waals surface area (Å²) in [5, 5.41) is 20.7. The summed E-state index contributed by atoms with van der Waals surface area (Å²) in [7, 11) is 0. The molecule has 0 bridgehead atoms. The van der Waals surface area contributed by atoms with Gasteiger partial charge >= 0.3 is 11.9 Å². The van der Waals surface area contributed by atoms with Crippen LogP contribution in [0.3, 0.4) is 0 Å². The number of carboxylic acids is 2. The minimum Gasteiger partial charge on any atom is -0.478 e. The molecule has 0 radical (unpaired) electrons. The predicted octanol–water partition coefficient (Wildman–Crippen LogP) is 5.38. The number of hydrogen-bond donors (Lipinski definition) is 2. The smallest absolute Gasteiger partial charge is 0.335 e. The average Bonchev–Trinajstić information content (AvgIpc) is 3.37. The molecule has 0 saturated heterocycles. The molecule has 0 fully saturated rings. The van der Waals surface area contributed by atoms with E-state index in [1.165, 1.54) is 11.3 Å². The molecule has 6 nitrogen and oxygen atoms in total. The third-order valence-electron chi connectivity index (χ3n) is 4.81. The van der Waals surface area contributed by atoms with Crippen molar-refractivity contribution in [2.45, 2.75) is 46.6 Å². The van der Waals surface area contributed by atoms with E-state index in [1.807, 2.05) is 22.1 Å². The van der Waals surface area contributed by atoms with Gasteiger partial charge in [0.15, 0.2) is 0 Å². The van der Waals surface area contributed by atoms with Crippen LogP contribution in [-0.2, 0) is 24.2 Å². The average molecular weight is 441 g/mol. The van der Waals surface area contributed by atoms with Crippen molar-refractivity contribution in [3.63, 3.8) is 0 Å². The number of hydrogen-bond acceptors (Lipinski definition) is 4. The van der Waals surface area contributed by atoms with Crippen LogP contribution in [0.15, 0.2) is 53.5 Å². The normalized spacial score (nSPS) is 11.2. The van der Waals surface area contributed by atoms with Crippen LogP contribution >= 0.6 is 11.3 Å². The van der Waals surface area contributed by atoms with Gasteiger partial charge in [0.2, 0.25) is 0 Å². The van der Waals surface area contributed by atoms with E-state index in [0.29, 0.717) is 18.5 Å². The minimum absolute atomic E-state index is 0. The van der Waals surface area contributed by atoms with Gasteiger partial charge in [0.05, 0.1) is 17.5 Å². The summed E-state index contributed by atoms with van der Waals surface area (Å²) in [6.45, 7) is 2.61. The van der Waals surface area contributed by atoms with Crippen molar-refractivity contribution in [2.24, 2.45) is 0 Å². The van der Waals surface area contributed by atoms with Gasteiger partial charge in [-0.3, -0.25) is 0 Å². The number of nitrogens with zero attached hydrogens (tertiary/aromatic N) is 2. The molecule has 0 unspecified atom stereocenters. The number of aromatic nitrogens is 2. The highest BCUT2D eigenvalue weighted by molar-refractivity contribution is 7.09. The molecule has 0 saturated carbocycles. The number of aliphatic carboxylic acids is 1. The maximum Gasteiger partial charge on any atom is 0.335 e. The Balaban J connectivity index is 0.00000341. The molecule has 31 heavy (non-hydrogen) atoms. The molecule has 164 valence electrons. The highest BCUT2D eigenvalue weighted by Gasteiger charge is 2.14. The number of carboxylic acid groups (broad SMARTS) is 2. The highest BCUT2D eigenvalue weighted by atomic mass is 32.1. The molecule has 2 aromatic heterocycles. The summed E-state index contributed by atoms with van der Waals surface area (Å²) < 4.78 is 2.02. The Morgan fingerprint density at radius 1 is 1.16 bits per heavy atom. The Hall–Kier alpha value is -3.19. The Morgan fingerprint density at radius 3 is 2.48 bits per heavy atom. The van der Waals surface area contributed by atoms with Gasteiger partial charge in [-0.15, -0.1) is 11.3 Å². The van der Waals surface area contributed by atoms with Gasteiger partial charge in [0.1, 0.15) is 5.82 Å². The lowest BCUT2D eigenvalue weighted by Crippen LogP contribution is -2.09. The summed E-state index contributed by atoms with van der Waals surface area (Å²) in [6.07, 6.45) is 6.58. The maximum absolute atomic E-state index is 11.8. The number of carbonyl (C=O) groups is 2. The first-order valence-electron chi connectivity index (χ1n) is 9.80. The second-order valence-corrected chi connectivity index (χ2v) is 8.05. The van der Waals surface area contributed by atoms with Crippen molar-refractivity contribution < 1.29 is 19.8 Å². The second-order valence-electron chi connectivity index (χ2n) is 7.02. The number of aromatic carboxylic acids is 1. The third kappa shape index (κ3) is 6.39. The molecule has 3 rings (SSSR count). The van der Waals surface area contributed by atoms with E-state index in [0.717, 1.165) is 41.2 Å². The van der Waals surface area contributed by atoms with Crippen molar-refractivity contribution in [3.05, 3.63) is 81.1 Å². The van der Waals surface area contributed by atoms with Crippen molar-refractivity contribution in [3.8, 4) is 0 Å². The minimum atomic E-state index is -0.962. The Bertz CT molecular complexity index is 1030. The molecule has 0 atom stereocenters. The quantitative estimate of drug-likeness (QED) is 0.413. The van der Waals surface area contributed by atoms with Crippen molar-refractivity contribution in [1.82, 2.24) is 9.55 Å². The van der Waals surface area contributed by atoms with Crippen LogP contribution in [0.1, 0.15) is 59.5 Å². The molecule has 2 N–H and O–H groups in total. The molecule has 7 heteroatoms. The summed E-state index contributed by atoms with van der Waals surface area (Å²) in [5.41, 5.74) is 2.21. The number of unbranched alkanes of at least 4 members (excludes halogenated alkanes) is 1. The van der Waals surface area contributed by atoms with Crippen LogP contribution in [0.5, 0.6) is 0 Å². The molecule has 0 spiro atoms. The van der Waals surface area contributed by atoms with E-state index < -0.39 is 11.9 Å². The maximum atomic E-state index is 11.8. The van der Waals surface area contributed by atoms with Crippen LogP contribution in [0.4, 0.5) is 0 Å². The van der Waals surface area contributed by atoms with Crippen LogP contribution in [-0.4, -0.2) is 31.7 Å². The Morgan fingerprint density at radius 2 is 1.90 bits per heavy atom. The SMILES string of the molecule is C.CCCCc1ncc(C=C(Cc2cccs2)C(=O)O)n1Cc1ccc(C(=O)O)cc1. The van der Waals surface area contributed by atoms with E-state index in [1.54, 1.807) is 36.5 Å². The third-order valence-corrected chi connectivity index (χ3v) is 5.68. The largest absolute Gasteiger partial charge is 0.478 e. The molecule has 1 aromatic carbocycles. The van der Waals surface area contributed by atoms with E-state index in [-0.39, 0.29) is 13.0 Å². The van der Waals surface area contributed by atoms with E-state index in [9.17, 15) is 14.7 Å². The zero-order valence-corrected chi connectivity index (χ0v) is 17.6. The van der Waals surface area contributed by atoms with E-state index >= 15 is 0 Å². The lowest BCUT2D eigenvalue weighted by Gasteiger charge is -2.12. The van der Waals surface area contributed by atoms with Gasteiger partial charge in [-0.2, -0.15) is 0 Å². The van der Waals surface area contributed by atoms with Gasteiger partial charge in [-0.1, -0.05) is 39.0 Å². The fourth-order valence-corrected chi connectivity index (χ4v) is 3.89. The molecule has 3 aromatic rings. The van der Waals surface area contributed by atoms with Crippen LogP contribution in [0.2, 0.25) is 0 Å².